The van der Waals surface area contributed by atoms with Crippen LogP contribution >= 0.6 is 0 Å². The second-order valence-corrected chi connectivity index (χ2v) is 4.77. The Morgan fingerprint density at radius 2 is 1.47 bits per heavy atom. The third kappa shape index (κ3) is 1.09. The summed E-state index contributed by atoms with van der Waals surface area (Å²) in [6.07, 6.45) is 1.46. The Morgan fingerprint density at radius 3 is 1.87 bits per heavy atom. The molecule has 0 aromatic carbocycles. The van der Waals surface area contributed by atoms with Crippen LogP contribution < -0.4 is 0 Å². The number of esters is 2. The van der Waals surface area contributed by atoms with Crippen molar-refractivity contribution in [2.45, 2.75) is 38.9 Å². The van der Waals surface area contributed by atoms with Gasteiger partial charge in [-0.1, -0.05) is 0 Å². The van der Waals surface area contributed by atoms with E-state index in [1.54, 1.807) is 13.8 Å². The number of fused-ring (bicyclic) bond motifs is 5. The number of hydrogen-bond donors (Lipinski definition) is 0. The summed E-state index contributed by atoms with van der Waals surface area (Å²) in [5, 5.41) is 0. The van der Waals surface area contributed by atoms with Gasteiger partial charge in [0.2, 0.25) is 0 Å². The van der Waals surface area contributed by atoms with E-state index < -0.39 is 22.8 Å². The fourth-order valence-corrected chi connectivity index (χ4v) is 3.14. The number of carbonyl (C=O) groups excluding carboxylic acids is 2. The van der Waals surface area contributed by atoms with Crippen LogP contribution in [0.4, 0.5) is 0 Å². The molecule has 0 aromatic rings. The van der Waals surface area contributed by atoms with Crippen LogP contribution in [0.2, 0.25) is 0 Å². The van der Waals surface area contributed by atoms with Crippen molar-refractivity contribution < 1.29 is 19.1 Å². The van der Waals surface area contributed by atoms with Crippen molar-refractivity contribution in [2.75, 3.05) is 0 Å². The van der Waals surface area contributed by atoms with Crippen molar-refractivity contribution in [3.05, 3.63) is 0 Å². The van der Waals surface area contributed by atoms with Crippen LogP contribution in [0.5, 0.6) is 0 Å². The van der Waals surface area contributed by atoms with E-state index in [4.69, 9.17) is 9.47 Å². The van der Waals surface area contributed by atoms with E-state index in [2.05, 4.69) is 0 Å². The maximum atomic E-state index is 11.7. The predicted octanol–water partition coefficient (Wildman–Crippen LogP) is -0.00490. The van der Waals surface area contributed by atoms with Crippen LogP contribution in [0.25, 0.3) is 0 Å². The minimum atomic E-state index is -0.743. The van der Waals surface area contributed by atoms with Crippen LogP contribution in [0.15, 0.2) is 0 Å². The van der Waals surface area contributed by atoms with Crippen LogP contribution in [0, 0.1) is 10.8 Å². The van der Waals surface area contributed by atoms with Gasteiger partial charge in [0.25, 0.3) is 0 Å². The van der Waals surface area contributed by atoms with Crippen molar-refractivity contribution >= 4 is 63.3 Å². The van der Waals surface area contributed by atoms with Gasteiger partial charge in [0, 0.05) is 0 Å². The van der Waals surface area contributed by atoms with Gasteiger partial charge in [-0.15, -0.1) is 0 Å². The molecule has 0 aliphatic carbocycles. The summed E-state index contributed by atoms with van der Waals surface area (Å²) in [5.41, 5.74) is -1.49. The Hall–Kier alpha value is 0.736. The van der Waals surface area contributed by atoms with Crippen molar-refractivity contribution in [1.82, 2.24) is 0 Å². The van der Waals surface area contributed by atoms with Crippen LogP contribution in [-0.4, -0.2) is 75.5 Å². The molecule has 0 unspecified atom stereocenters. The van der Waals surface area contributed by atoms with E-state index in [-0.39, 0.29) is 63.6 Å². The third-order valence-corrected chi connectivity index (χ3v) is 4.42. The van der Waals surface area contributed by atoms with Gasteiger partial charge in [-0.2, -0.15) is 0 Å². The first kappa shape index (κ1) is 12.2. The molecule has 3 heterocycles. The van der Waals surface area contributed by atoms with E-state index >= 15 is 0 Å². The molecule has 3 aliphatic rings. The summed E-state index contributed by atoms with van der Waals surface area (Å²) in [6.45, 7) is 3.59. The van der Waals surface area contributed by atoms with Crippen LogP contribution in [0.3, 0.4) is 0 Å². The van der Waals surface area contributed by atoms with Crippen molar-refractivity contribution in [3.8, 4) is 0 Å². The van der Waals surface area contributed by atoms with Gasteiger partial charge in [0.05, 0.1) is 12.2 Å². The van der Waals surface area contributed by atoms with E-state index in [9.17, 15) is 9.59 Å². The number of hydrogen-bond acceptors (Lipinski definition) is 4. The number of rotatable bonds is 0. The first-order chi connectivity index (χ1) is 6.51. The molecule has 0 spiro atoms. The Labute approximate surface area is 130 Å². The standard InChI is InChI=1S/C10H12O4.K.H/c1-9-5-3-4-6(13-5)10(9,2)8(12)14-7(9)11;;/h5-6H,3-4H2,1-2H3;;/t5-,6+,9+,10-;;. The molecule has 0 radical (unpaired) electrons. The van der Waals surface area contributed by atoms with Gasteiger partial charge in [-0.3, -0.25) is 9.59 Å². The third-order valence-electron chi connectivity index (χ3n) is 4.42. The summed E-state index contributed by atoms with van der Waals surface area (Å²) in [6, 6.07) is 0. The summed E-state index contributed by atoms with van der Waals surface area (Å²) in [7, 11) is 0. The van der Waals surface area contributed by atoms with Crippen molar-refractivity contribution in [1.29, 1.82) is 0 Å². The Kier molecular flexibility index (Phi) is 2.74. The topological polar surface area (TPSA) is 52.6 Å². The molecule has 5 heteroatoms. The monoisotopic (exact) mass is 236 g/mol. The average Bonchev–Trinajstić information content (AvgIpc) is 2.73. The van der Waals surface area contributed by atoms with Crippen LogP contribution in [0.1, 0.15) is 26.7 Å². The van der Waals surface area contributed by atoms with Gasteiger partial charge in [0.1, 0.15) is 10.8 Å². The van der Waals surface area contributed by atoms with Crippen LogP contribution in [-0.2, 0) is 19.1 Å². The second-order valence-electron chi connectivity index (χ2n) is 4.77. The fraction of sp³-hybridized carbons (Fsp3) is 0.800. The molecule has 3 fully saturated rings. The van der Waals surface area contributed by atoms with Gasteiger partial charge in [0.15, 0.2) is 0 Å². The van der Waals surface area contributed by atoms with E-state index in [0.717, 1.165) is 12.8 Å². The molecule has 0 saturated carbocycles. The maximum absolute atomic E-state index is 11.7. The van der Waals surface area contributed by atoms with E-state index in [1.165, 1.54) is 0 Å². The molecule has 0 N–H and O–H groups in total. The first-order valence-corrected chi connectivity index (χ1v) is 4.93. The molecule has 0 amide bonds. The molecule has 4 atom stereocenters. The molecular weight excluding hydrogens is 223 g/mol. The summed E-state index contributed by atoms with van der Waals surface area (Å²) in [5.74, 6) is -0.811. The molecule has 3 saturated heterocycles. The molecule has 0 aromatic heterocycles. The molecule has 78 valence electrons. The average molecular weight is 236 g/mol. The molecule has 2 bridgehead atoms. The van der Waals surface area contributed by atoms with E-state index in [0.29, 0.717) is 0 Å². The first-order valence-electron chi connectivity index (χ1n) is 4.93. The molecule has 3 aliphatic heterocycles. The van der Waals surface area contributed by atoms with E-state index in [1.807, 2.05) is 0 Å². The van der Waals surface area contributed by atoms with Crippen molar-refractivity contribution in [2.24, 2.45) is 10.8 Å². The molecule has 4 nitrogen and oxygen atoms in total. The number of cyclic esters (lactones) is 2. The zero-order valence-electron chi connectivity index (χ0n) is 8.20. The molecule has 15 heavy (non-hydrogen) atoms. The van der Waals surface area contributed by atoms with Gasteiger partial charge in [-0.05, 0) is 26.7 Å². The zero-order valence-corrected chi connectivity index (χ0v) is 8.20. The molecular formula is C10H13KO4. The summed E-state index contributed by atoms with van der Waals surface area (Å²) >= 11 is 0. The normalized spacial score (nSPS) is 51.3. The Bertz CT molecular complexity index is 323. The Balaban J connectivity index is 0.000000853. The number of carbonyl (C=O) groups is 2. The second kappa shape index (κ2) is 3.37. The fourth-order valence-electron chi connectivity index (χ4n) is 3.14. The quantitative estimate of drug-likeness (QED) is 0.337. The summed E-state index contributed by atoms with van der Waals surface area (Å²) < 4.78 is 10.4. The SMILES string of the molecule is C[C@@]12C(=O)OC(=O)[C@]1(C)[C@H]1CC[C@@H]2O1.[KH]. The summed E-state index contributed by atoms with van der Waals surface area (Å²) in [4.78, 5) is 23.3. The van der Waals surface area contributed by atoms with Gasteiger partial charge < -0.3 is 9.47 Å². The zero-order chi connectivity index (χ0) is 10.1. The minimum absolute atomic E-state index is 0. The molecule has 3 rings (SSSR count). The van der Waals surface area contributed by atoms with Gasteiger partial charge >= 0.3 is 63.3 Å². The predicted molar refractivity (Wildman–Crippen MR) is 52.4 cm³/mol. The van der Waals surface area contributed by atoms with Crippen molar-refractivity contribution in [3.63, 3.8) is 0 Å². The Morgan fingerprint density at radius 1 is 1.07 bits per heavy atom. The van der Waals surface area contributed by atoms with Gasteiger partial charge in [-0.25, -0.2) is 0 Å². The number of ether oxygens (including phenoxy) is 2.